The van der Waals surface area contributed by atoms with Crippen molar-refractivity contribution in [1.82, 2.24) is 0 Å². The van der Waals surface area contributed by atoms with Crippen molar-refractivity contribution in [2.75, 3.05) is 0 Å². The van der Waals surface area contributed by atoms with E-state index in [0.29, 0.717) is 11.7 Å². The van der Waals surface area contributed by atoms with Crippen LogP contribution < -0.4 is 0 Å². The van der Waals surface area contributed by atoms with Gasteiger partial charge in [-0.05, 0) is 31.6 Å². The van der Waals surface area contributed by atoms with E-state index in [4.69, 9.17) is 5.11 Å². The molecule has 0 aliphatic heterocycles. The molecule has 1 saturated carbocycles. The molecule has 0 aromatic carbocycles. The Kier molecular flexibility index (Phi) is 6.26. The van der Waals surface area contributed by atoms with Gasteiger partial charge in [-0.3, -0.25) is 4.79 Å². The van der Waals surface area contributed by atoms with Crippen molar-refractivity contribution in [3.63, 3.8) is 0 Å². The third-order valence-corrected chi connectivity index (χ3v) is 2.15. The summed E-state index contributed by atoms with van der Waals surface area (Å²) in [6.07, 6.45) is 4.10. The van der Waals surface area contributed by atoms with Gasteiger partial charge in [0.25, 0.3) is 0 Å². The number of Topliss-reactive ketones (excluding diaryl/α,β-unsaturated/α-hetero) is 1. The Labute approximate surface area is 87.0 Å². The molecule has 0 radical (unpaired) electrons. The Morgan fingerprint density at radius 2 is 2.14 bits per heavy atom. The van der Waals surface area contributed by atoms with Crippen molar-refractivity contribution in [3.05, 3.63) is 12.3 Å². The first-order chi connectivity index (χ1) is 6.41. The van der Waals surface area contributed by atoms with Gasteiger partial charge in [-0.25, -0.2) is 0 Å². The van der Waals surface area contributed by atoms with Gasteiger partial charge in [0.2, 0.25) is 0 Å². The molecule has 0 saturated heterocycles. The largest absolute Gasteiger partial charge is 0.513 e. The second kappa shape index (κ2) is 6.63. The molecule has 1 fully saturated rings. The maximum absolute atomic E-state index is 10.8. The lowest BCUT2D eigenvalue weighted by molar-refractivity contribution is -0.117. The number of rotatable bonds is 2. The lowest BCUT2D eigenvalue weighted by Crippen LogP contribution is -1.99. The SMILES string of the molecule is C=C(C)O.CC(C)CC1CCC(=O)C1. The highest BCUT2D eigenvalue weighted by Crippen LogP contribution is 2.27. The second-order valence-electron chi connectivity index (χ2n) is 4.51. The molecule has 1 aliphatic rings. The quantitative estimate of drug-likeness (QED) is 0.690. The van der Waals surface area contributed by atoms with Crippen LogP contribution in [0, 0.1) is 11.8 Å². The molecular formula is C12H22O2. The molecule has 2 heteroatoms. The maximum atomic E-state index is 10.8. The summed E-state index contributed by atoms with van der Waals surface area (Å²) in [5, 5.41) is 7.86. The number of carbonyl (C=O) groups excluding carboxylic acids is 1. The van der Waals surface area contributed by atoms with Crippen molar-refractivity contribution in [1.29, 1.82) is 0 Å². The van der Waals surface area contributed by atoms with E-state index in [0.717, 1.165) is 25.2 Å². The summed E-state index contributed by atoms with van der Waals surface area (Å²) in [4.78, 5) is 10.8. The zero-order valence-electron chi connectivity index (χ0n) is 9.55. The standard InChI is InChI=1S/C9H16O.C3H6O/c1-7(2)5-8-3-4-9(10)6-8;1-3(2)4/h7-8H,3-6H2,1-2H3;4H,1H2,2H3. The second-order valence-corrected chi connectivity index (χ2v) is 4.51. The molecule has 0 bridgehead atoms. The summed E-state index contributed by atoms with van der Waals surface area (Å²) in [6.45, 7) is 9.09. The summed E-state index contributed by atoms with van der Waals surface area (Å²) in [5.74, 6) is 2.12. The van der Waals surface area contributed by atoms with Gasteiger partial charge in [0.05, 0.1) is 5.76 Å². The van der Waals surface area contributed by atoms with E-state index in [9.17, 15) is 4.79 Å². The van der Waals surface area contributed by atoms with Gasteiger partial charge in [0, 0.05) is 12.8 Å². The highest BCUT2D eigenvalue weighted by molar-refractivity contribution is 5.80. The fourth-order valence-corrected chi connectivity index (χ4v) is 1.76. The van der Waals surface area contributed by atoms with E-state index >= 15 is 0 Å². The molecule has 0 spiro atoms. The number of aliphatic hydroxyl groups is 1. The average molecular weight is 198 g/mol. The van der Waals surface area contributed by atoms with Crippen molar-refractivity contribution < 1.29 is 9.90 Å². The molecule has 1 atom stereocenters. The number of hydrogen-bond donors (Lipinski definition) is 1. The molecule has 0 amide bonds. The summed E-state index contributed by atoms with van der Waals surface area (Å²) >= 11 is 0. The lowest BCUT2D eigenvalue weighted by Gasteiger charge is -2.09. The van der Waals surface area contributed by atoms with E-state index in [2.05, 4.69) is 20.4 Å². The molecular weight excluding hydrogens is 176 g/mol. The first-order valence-electron chi connectivity index (χ1n) is 5.28. The highest BCUT2D eigenvalue weighted by atomic mass is 16.3. The molecule has 82 valence electrons. The van der Waals surface area contributed by atoms with Gasteiger partial charge < -0.3 is 5.11 Å². The molecule has 14 heavy (non-hydrogen) atoms. The third-order valence-electron chi connectivity index (χ3n) is 2.15. The smallest absolute Gasteiger partial charge is 0.133 e. The van der Waals surface area contributed by atoms with Gasteiger partial charge in [-0.1, -0.05) is 20.4 Å². The van der Waals surface area contributed by atoms with Crippen LogP contribution in [-0.4, -0.2) is 10.9 Å². The summed E-state index contributed by atoms with van der Waals surface area (Å²) in [5.41, 5.74) is 0. The van der Waals surface area contributed by atoms with Crippen molar-refractivity contribution in [3.8, 4) is 0 Å². The first-order valence-corrected chi connectivity index (χ1v) is 5.28. The molecule has 0 aromatic rings. The Morgan fingerprint density at radius 3 is 2.43 bits per heavy atom. The van der Waals surface area contributed by atoms with Crippen LogP contribution in [0.5, 0.6) is 0 Å². The van der Waals surface area contributed by atoms with Crippen LogP contribution in [0.3, 0.4) is 0 Å². The minimum Gasteiger partial charge on any atom is -0.513 e. The first kappa shape index (κ1) is 13.2. The third kappa shape index (κ3) is 7.84. The minimum absolute atomic E-state index is 0.167. The Bertz CT molecular complexity index is 190. The zero-order valence-corrected chi connectivity index (χ0v) is 9.55. The van der Waals surface area contributed by atoms with Gasteiger partial charge in [0.1, 0.15) is 5.78 Å². The molecule has 2 nitrogen and oxygen atoms in total. The Morgan fingerprint density at radius 1 is 1.64 bits per heavy atom. The maximum Gasteiger partial charge on any atom is 0.133 e. The van der Waals surface area contributed by atoms with Crippen LogP contribution in [0.15, 0.2) is 12.3 Å². The Balaban J connectivity index is 0.000000364. The van der Waals surface area contributed by atoms with Crippen molar-refractivity contribution >= 4 is 5.78 Å². The number of hydrogen-bond acceptors (Lipinski definition) is 2. The van der Waals surface area contributed by atoms with Gasteiger partial charge in [-0.15, -0.1) is 0 Å². The normalized spacial score (nSPS) is 20.6. The van der Waals surface area contributed by atoms with Crippen LogP contribution in [0.4, 0.5) is 0 Å². The van der Waals surface area contributed by atoms with Crippen LogP contribution in [0.1, 0.15) is 46.5 Å². The zero-order chi connectivity index (χ0) is 11.1. The summed E-state index contributed by atoms with van der Waals surface area (Å²) < 4.78 is 0. The fraction of sp³-hybridized carbons (Fsp3) is 0.750. The molecule has 1 unspecified atom stereocenters. The predicted octanol–water partition coefficient (Wildman–Crippen LogP) is 3.48. The van der Waals surface area contributed by atoms with E-state index in [-0.39, 0.29) is 5.76 Å². The molecule has 0 aromatic heterocycles. The fourth-order valence-electron chi connectivity index (χ4n) is 1.76. The van der Waals surface area contributed by atoms with Gasteiger partial charge >= 0.3 is 0 Å². The van der Waals surface area contributed by atoms with Crippen LogP contribution >= 0.6 is 0 Å². The van der Waals surface area contributed by atoms with Crippen molar-refractivity contribution in [2.45, 2.75) is 46.5 Å². The molecule has 1 aliphatic carbocycles. The average Bonchev–Trinajstić information content (AvgIpc) is 2.32. The predicted molar refractivity (Wildman–Crippen MR) is 59.2 cm³/mol. The van der Waals surface area contributed by atoms with Crippen LogP contribution in [0.2, 0.25) is 0 Å². The highest BCUT2D eigenvalue weighted by Gasteiger charge is 2.22. The van der Waals surface area contributed by atoms with Gasteiger partial charge in [0.15, 0.2) is 0 Å². The molecule has 0 heterocycles. The Hall–Kier alpha value is -0.790. The van der Waals surface area contributed by atoms with Crippen LogP contribution in [0.25, 0.3) is 0 Å². The lowest BCUT2D eigenvalue weighted by atomic mass is 9.96. The number of carbonyl (C=O) groups is 1. The number of aliphatic hydroxyl groups excluding tert-OH is 1. The van der Waals surface area contributed by atoms with E-state index in [1.54, 1.807) is 0 Å². The minimum atomic E-state index is 0.167. The monoisotopic (exact) mass is 198 g/mol. The number of ketones is 1. The van der Waals surface area contributed by atoms with Crippen LogP contribution in [-0.2, 0) is 4.79 Å². The summed E-state index contributed by atoms with van der Waals surface area (Å²) in [7, 11) is 0. The van der Waals surface area contributed by atoms with E-state index < -0.39 is 0 Å². The van der Waals surface area contributed by atoms with Crippen molar-refractivity contribution in [2.24, 2.45) is 11.8 Å². The summed E-state index contributed by atoms with van der Waals surface area (Å²) in [6, 6.07) is 0. The van der Waals surface area contributed by atoms with Gasteiger partial charge in [-0.2, -0.15) is 0 Å². The van der Waals surface area contributed by atoms with E-state index in [1.807, 2.05) is 0 Å². The topological polar surface area (TPSA) is 37.3 Å². The molecule has 1 rings (SSSR count). The van der Waals surface area contributed by atoms with E-state index in [1.165, 1.54) is 13.3 Å². The molecule has 1 N–H and O–H groups in total. The number of allylic oxidation sites excluding steroid dienone is 1.